The van der Waals surface area contributed by atoms with Crippen LogP contribution in [0.3, 0.4) is 0 Å². The smallest absolute Gasteiger partial charge is 0.273 e. The molecule has 0 radical (unpaired) electrons. The second-order valence-electron chi connectivity index (χ2n) is 5.41. The lowest BCUT2D eigenvalue weighted by molar-refractivity contribution is 0.0487. The first-order chi connectivity index (χ1) is 10.2. The third-order valence-electron chi connectivity index (χ3n) is 4.03. The van der Waals surface area contributed by atoms with Crippen LogP contribution in [0.4, 0.5) is 0 Å². The SMILES string of the molecule is Cc1cc(C(=O)NCC2(c3ccsc3)CCOCC2)no1. The van der Waals surface area contributed by atoms with E-state index in [-0.39, 0.29) is 11.3 Å². The molecular formula is C15H18N2O3S. The molecule has 0 bridgehead atoms. The van der Waals surface area contributed by atoms with Crippen LogP contribution in [0.1, 0.15) is 34.7 Å². The Morgan fingerprint density at radius 1 is 1.48 bits per heavy atom. The fourth-order valence-corrected chi connectivity index (χ4v) is 3.49. The fraction of sp³-hybridized carbons (Fsp3) is 0.467. The van der Waals surface area contributed by atoms with E-state index < -0.39 is 0 Å². The molecule has 5 nitrogen and oxygen atoms in total. The number of aryl methyl sites for hydroxylation is 1. The number of carbonyl (C=O) groups excluding carboxylic acids is 1. The fourth-order valence-electron chi connectivity index (χ4n) is 2.71. The third kappa shape index (κ3) is 3.01. The van der Waals surface area contributed by atoms with Crippen molar-refractivity contribution in [3.63, 3.8) is 0 Å². The number of thiophene rings is 1. The van der Waals surface area contributed by atoms with Gasteiger partial charge in [0, 0.05) is 31.2 Å². The predicted molar refractivity (Wildman–Crippen MR) is 79.6 cm³/mol. The van der Waals surface area contributed by atoms with E-state index in [0.29, 0.717) is 18.0 Å². The molecule has 0 saturated carbocycles. The van der Waals surface area contributed by atoms with Gasteiger partial charge in [-0.1, -0.05) is 5.16 Å². The van der Waals surface area contributed by atoms with Crippen LogP contribution in [0, 0.1) is 6.92 Å². The Morgan fingerprint density at radius 3 is 2.90 bits per heavy atom. The average Bonchev–Trinajstić information content (AvgIpc) is 3.17. The summed E-state index contributed by atoms with van der Waals surface area (Å²) < 4.78 is 10.4. The van der Waals surface area contributed by atoms with Crippen molar-refractivity contribution in [1.29, 1.82) is 0 Å². The van der Waals surface area contributed by atoms with E-state index in [1.54, 1.807) is 24.3 Å². The van der Waals surface area contributed by atoms with Gasteiger partial charge in [0.2, 0.25) is 0 Å². The van der Waals surface area contributed by atoms with Crippen molar-refractivity contribution < 1.29 is 14.1 Å². The van der Waals surface area contributed by atoms with E-state index in [4.69, 9.17) is 9.26 Å². The number of carbonyl (C=O) groups is 1. The van der Waals surface area contributed by atoms with Gasteiger partial charge in [-0.2, -0.15) is 11.3 Å². The minimum absolute atomic E-state index is 0.0350. The maximum atomic E-state index is 12.2. The van der Waals surface area contributed by atoms with Crippen LogP contribution in [0.5, 0.6) is 0 Å². The van der Waals surface area contributed by atoms with Crippen molar-refractivity contribution in [2.45, 2.75) is 25.2 Å². The molecule has 0 aliphatic carbocycles. The highest BCUT2D eigenvalue weighted by Gasteiger charge is 2.35. The van der Waals surface area contributed by atoms with Gasteiger partial charge < -0.3 is 14.6 Å². The summed E-state index contributed by atoms with van der Waals surface area (Å²) in [5.41, 5.74) is 1.58. The van der Waals surface area contributed by atoms with E-state index in [1.807, 2.05) is 0 Å². The van der Waals surface area contributed by atoms with Gasteiger partial charge in [0.25, 0.3) is 5.91 Å². The normalized spacial score (nSPS) is 17.6. The number of amides is 1. The number of ether oxygens (including phenoxy) is 1. The van der Waals surface area contributed by atoms with Crippen LogP contribution < -0.4 is 5.32 Å². The maximum Gasteiger partial charge on any atom is 0.273 e. The molecule has 1 saturated heterocycles. The molecule has 1 aliphatic rings. The summed E-state index contributed by atoms with van der Waals surface area (Å²) in [6, 6.07) is 3.79. The zero-order valence-corrected chi connectivity index (χ0v) is 12.7. The lowest BCUT2D eigenvalue weighted by Crippen LogP contribution is -2.44. The Balaban J connectivity index is 1.72. The Bertz CT molecular complexity index is 600. The topological polar surface area (TPSA) is 64.4 Å². The van der Waals surface area contributed by atoms with Gasteiger partial charge >= 0.3 is 0 Å². The summed E-state index contributed by atoms with van der Waals surface area (Å²) >= 11 is 1.68. The molecule has 3 rings (SSSR count). The molecule has 1 amide bonds. The first-order valence-corrected chi connectivity index (χ1v) is 7.96. The highest BCUT2D eigenvalue weighted by atomic mass is 32.1. The number of aromatic nitrogens is 1. The second kappa shape index (κ2) is 5.99. The Kier molecular flexibility index (Phi) is 4.07. The molecule has 1 N–H and O–H groups in total. The van der Waals surface area contributed by atoms with E-state index in [0.717, 1.165) is 26.1 Å². The van der Waals surface area contributed by atoms with Gasteiger partial charge in [-0.25, -0.2) is 0 Å². The average molecular weight is 306 g/mol. The highest BCUT2D eigenvalue weighted by Crippen LogP contribution is 2.35. The van der Waals surface area contributed by atoms with Gasteiger partial charge in [0.1, 0.15) is 5.76 Å². The van der Waals surface area contributed by atoms with E-state index in [2.05, 4.69) is 27.3 Å². The third-order valence-corrected chi connectivity index (χ3v) is 4.71. The zero-order chi connectivity index (χ0) is 14.7. The van der Waals surface area contributed by atoms with Crippen LogP contribution in [-0.4, -0.2) is 30.8 Å². The highest BCUT2D eigenvalue weighted by molar-refractivity contribution is 7.08. The van der Waals surface area contributed by atoms with Crippen LogP contribution >= 0.6 is 11.3 Å². The van der Waals surface area contributed by atoms with Gasteiger partial charge in [0.15, 0.2) is 5.69 Å². The molecular weight excluding hydrogens is 288 g/mol. The van der Waals surface area contributed by atoms with Gasteiger partial charge in [-0.15, -0.1) is 0 Å². The van der Waals surface area contributed by atoms with Crippen molar-refractivity contribution in [2.75, 3.05) is 19.8 Å². The Hall–Kier alpha value is -1.66. The van der Waals surface area contributed by atoms with Crippen LogP contribution in [-0.2, 0) is 10.2 Å². The molecule has 0 spiro atoms. The summed E-state index contributed by atoms with van der Waals surface area (Å²) in [6.45, 7) is 3.83. The lowest BCUT2D eigenvalue weighted by Gasteiger charge is -2.37. The van der Waals surface area contributed by atoms with E-state index >= 15 is 0 Å². The molecule has 112 valence electrons. The first-order valence-electron chi connectivity index (χ1n) is 7.02. The van der Waals surface area contributed by atoms with Crippen LogP contribution in [0.25, 0.3) is 0 Å². The summed E-state index contributed by atoms with van der Waals surface area (Å²) in [5.74, 6) is 0.451. The molecule has 0 unspecified atom stereocenters. The molecule has 0 atom stereocenters. The molecule has 2 aromatic rings. The standard InChI is InChI=1S/C15H18N2O3S/c1-11-8-13(17-20-11)14(18)16-10-15(3-5-19-6-4-15)12-2-7-21-9-12/h2,7-9H,3-6,10H2,1H3,(H,16,18). The number of rotatable bonds is 4. The van der Waals surface area contributed by atoms with Gasteiger partial charge in [0.05, 0.1) is 0 Å². The van der Waals surface area contributed by atoms with Crippen molar-refractivity contribution in [2.24, 2.45) is 0 Å². The number of nitrogens with zero attached hydrogens (tertiary/aromatic N) is 1. The summed E-state index contributed by atoms with van der Waals surface area (Å²) in [7, 11) is 0. The predicted octanol–water partition coefficient (Wildman–Crippen LogP) is 2.52. The van der Waals surface area contributed by atoms with Crippen molar-refractivity contribution >= 4 is 17.2 Å². The van der Waals surface area contributed by atoms with Crippen LogP contribution in [0.15, 0.2) is 27.4 Å². The van der Waals surface area contributed by atoms with E-state index in [1.165, 1.54) is 5.56 Å². The first kappa shape index (κ1) is 14.3. The quantitative estimate of drug-likeness (QED) is 0.942. The lowest BCUT2D eigenvalue weighted by atomic mass is 9.75. The molecule has 6 heteroatoms. The monoisotopic (exact) mass is 306 g/mol. The summed E-state index contributed by atoms with van der Waals surface area (Å²) in [5, 5.41) is 11.0. The van der Waals surface area contributed by atoms with Crippen molar-refractivity contribution in [1.82, 2.24) is 10.5 Å². The largest absolute Gasteiger partial charge is 0.381 e. The molecule has 2 aromatic heterocycles. The molecule has 3 heterocycles. The van der Waals surface area contributed by atoms with Gasteiger partial charge in [-0.3, -0.25) is 4.79 Å². The number of hydrogen-bond donors (Lipinski definition) is 1. The number of hydrogen-bond acceptors (Lipinski definition) is 5. The minimum Gasteiger partial charge on any atom is -0.381 e. The minimum atomic E-state index is -0.187. The maximum absolute atomic E-state index is 12.2. The van der Waals surface area contributed by atoms with E-state index in [9.17, 15) is 4.79 Å². The second-order valence-corrected chi connectivity index (χ2v) is 6.19. The van der Waals surface area contributed by atoms with Crippen LogP contribution in [0.2, 0.25) is 0 Å². The number of nitrogens with one attached hydrogen (secondary N) is 1. The summed E-state index contributed by atoms with van der Waals surface area (Å²) in [6.07, 6.45) is 1.84. The Labute approximate surface area is 127 Å². The molecule has 1 fully saturated rings. The summed E-state index contributed by atoms with van der Waals surface area (Å²) in [4.78, 5) is 12.2. The zero-order valence-electron chi connectivity index (χ0n) is 11.9. The molecule has 21 heavy (non-hydrogen) atoms. The Morgan fingerprint density at radius 2 is 2.29 bits per heavy atom. The van der Waals surface area contributed by atoms with Crippen molar-refractivity contribution in [3.05, 3.63) is 39.9 Å². The molecule has 1 aliphatic heterocycles. The van der Waals surface area contributed by atoms with Gasteiger partial charge in [-0.05, 0) is 42.2 Å². The van der Waals surface area contributed by atoms with Crippen molar-refractivity contribution in [3.8, 4) is 0 Å². The molecule has 0 aromatic carbocycles.